The molecule has 2 atom stereocenters. The monoisotopic (exact) mass is 290 g/mol. The van der Waals surface area contributed by atoms with Gasteiger partial charge in [0.25, 0.3) is 0 Å². The number of aromatic nitrogens is 2. The third-order valence-corrected chi connectivity index (χ3v) is 4.45. The average molecular weight is 290 g/mol. The summed E-state index contributed by atoms with van der Waals surface area (Å²) in [5.74, 6) is 1.57. The number of rotatable bonds is 3. The van der Waals surface area contributed by atoms with E-state index in [1.807, 2.05) is 11.0 Å². The van der Waals surface area contributed by atoms with Gasteiger partial charge >= 0.3 is 5.97 Å². The first-order chi connectivity index (χ1) is 10.1. The molecule has 2 fully saturated rings. The van der Waals surface area contributed by atoms with Crippen molar-refractivity contribution >= 4 is 17.6 Å². The Morgan fingerprint density at radius 2 is 2.00 bits per heavy atom. The van der Waals surface area contributed by atoms with E-state index in [2.05, 4.69) is 21.8 Å². The third kappa shape index (κ3) is 2.94. The molecule has 0 amide bonds. The van der Waals surface area contributed by atoms with Gasteiger partial charge in [-0.3, -0.25) is 0 Å². The zero-order valence-electron chi connectivity index (χ0n) is 12.4. The molecule has 2 aliphatic heterocycles. The number of anilines is 2. The van der Waals surface area contributed by atoms with Crippen LogP contribution >= 0.6 is 0 Å². The van der Waals surface area contributed by atoms with Crippen LogP contribution in [0.25, 0.3) is 0 Å². The maximum atomic E-state index is 11.3. The molecule has 0 saturated carbocycles. The van der Waals surface area contributed by atoms with Gasteiger partial charge in [-0.15, -0.1) is 0 Å². The highest BCUT2D eigenvalue weighted by Crippen LogP contribution is 2.27. The highest BCUT2D eigenvalue weighted by Gasteiger charge is 2.32. The smallest absolute Gasteiger partial charge is 0.326 e. The molecule has 1 unspecified atom stereocenters. The fourth-order valence-electron chi connectivity index (χ4n) is 3.36. The van der Waals surface area contributed by atoms with E-state index in [0.717, 1.165) is 37.7 Å². The molecule has 1 aromatic heterocycles. The molecule has 3 heterocycles. The summed E-state index contributed by atoms with van der Waals surface area (Å²) in [7, 11) is 0. The lowest BCUT2D eigenvalue weighted by Gasteiger charge is -2.32. The number of carboxylic acid groups (broad SMARTS) is 1. The van der Waals surface area contributed by atoms with Crippen LogP contribution in [0.3, 0.4) is 0 Å². The molecule has 6 heteroatoms. The number of aliphatic carboxylic acids is 1. The summed E-state index contributed by atoms with van der Waals surface area (Å²) < 4.78 is 0. The van der Waals surface area contributed by atoms with E-state index >= 15 is 0 Å². The predicted molar refractivity (Wildman–Crippen MR) is 80.6 cm³/mol. The molecule has 3 rings (SSSR count). The molecular weight excluding hydrogens is 268 g/mol. The largest absolute Gasteiger partial charge is 0.480 e. The van der Waals surface area contributed by atoms with Crippen molar-refractivity contribution in [2.24, 2.45) is 5.92 Å². The van der Waals surface area contributed by atoms with Crippen LogP contribution in [0.15, 0.2) is 12.4 Å². The van der Waals surface area contributed by atoms with E-state index in [9.17, 15) is 9.90 Å². The number of carboxylic acids is 1. The number of hydrogen-bond acceptors (Lipinski definition) is 5. The van der Waals surface area contributed by atoms with Crippen LogP contribution in [-0.2, 0) is 4.79 Å². The molecule has 6 nitrogen and oxygen atoms in total. The molecule has 2 saturated heterocycles. The molecule has 0 aliphatic carbocycles. The summed E-state index contributed by atoms with van der Waals surface area (Å²) in [5.41, 5.74) is 0. The second-order valence-electron chi connectivity index (χ2n) is 6.12. The Morgan fingerprint density at radius 3 is 2.76 bits per heavy atom. The highest BCUT2D eigenvalue weighted by molar-refractivity contribution is 5.78. The SMILES string of the molecule is CC1CCCN(c2cc(N3CCC[C@@H]3C(=O)O)ncn2)C1. The molecule has 0 aromatic carbocycles. The van der Waals surface area contributed by atoms with Gasteiger partial charge in [-0.2, -0.15) is 0 Å². The molecule has 1 N–H and O–H groups in total. The van der Waals surface area contributed by atoms with Crippen LogP contribution in [0.1, 0.15) is 32.6 Å². The quantitative estimate of drug-likeness (QED) is 0.915. The first-order valence-electron chi connectivity index (χ1n) is 7.71. The number of piperidine rings is 1. The Bertz CT molecular complexity index is 522. The van der Waals surface area contributed by atoms with Gasteiger partial charge in [0.15, 0.2) is 0 Å². The van der Waals surface area contributed by atoms with E-state index < -0.39 is 12.0 Å². The van der Waals surface area contributed by atoms with E-state index in [4.69, 9.17) is 0 Å². The lowest BCUT2D eigenvalue weighted by Crippen LogP contribution is -2.37. The van der Waals surface area contributed by atoms with Crippen LogP contribution < -0.4 is 9.80 Å². The van der Waals surface area contributed by atoms with Gasteiger partial charge in [-0.1, -0.05) is 6.92 Å². The average Bonchev–Trinajstić information content (AvgIpc) is 2.97. The van der Waals surface area contributed by atoms with Crippen molar-refractivity contribution < 1.29 is 9.90 Å². The van der Waals surface area contributed by atoms with E-state index in [1.54, 1.807) is 6.33 Å². The number of nitrogens with zero attached hydrogens (tertiary/aromatic N) is 4. The summed E-state index contributed by atoms with van der Waals surface area (Å²) in [6, 6.07) is 1.49. The van der Waals surface area contributed by atoms with Crippen LogP contribution in [0.5, 0.6) is 0 Å². The van der Waals surface area contributed by atoms with Crippen LogP contribution in [0.4, 0.5) is 11.6 Å². The summed E-state index contributed by atoms with van der Waals surface area (Å²) in [6.45, 7) is 5.04. The van der Waals surface area contributed by atoms with Gasteiger partial charge < -0.3 is 14.9 Å². The van der Waals surface area contributed by atoms with E-state index in [1.165, 1.54) is 12.8 Å². The van der Waals surface area contributed by atoms with Crippen molar-refractivity contribution in [2.45, 2.75) is 38.6 Å². The van der Waals surface area contributed by atoms with Crippen molar-refractivity contribution in [1.82, 2.24) is 9.97 Å². The Labute approximate surface area is 124 Å². The highest BCUT2D eigenvalue weighted by atomic mass is 16.4. The minimum Gasteiger partial charge on any atom is -0.480 e. The Morgan fingerprint density at radius 1 is 1.24 bits per heavy atom. The molecular formula is C15H22N4O2. The predicted octanol–water partition coefficient (Wildman–Crippen LogP) is 1.77. The Hall–Kier alpha value is -1.85. The topological polar surface area (TPSA) is 69.6 Å². The maximum Gasteiger partial charge on any atom is 0.326 e. The Balaban J connectivity index is 1.81. The molecule has 0 bridgehead atoms. The van der Waals surface area contributed by atoms with Gasteiger partial charge in [0, 0.05) is 25.7 Å². The number of carbonyl (C=O) groups is 1. The Kier molecular flexibility index (Phi) is 3.94. The normalized spacial score (nSPS) is 26.1. The van der Waals surface area contributed by atoms with E-state index in [-0.39, 0.29) is 0 Å². The lowest BCUT2D eigenvalue weighted by atomic mass is 10.0. The second kappa shape index (κ2) is 5.87. The lowest BCUT2D eigenvalue weighted by molar-refractivity contribution is -0.138. The van der Waals surface area contributed by atoms with Crippen LogP contribution in [0.2, 0.25) is 0 Å². The summed E-state index contributed by atoms with van der Waals surface area (Å²) in [5, 5.41) is 9.30. The van der Waals surface area contributed by atoms with Crippen LogP contribution in [0, 0.1) is 5.92 Å². The minimum atomic E-state index is -0.765. The van der Waals surface area contributed by atoms with Crippen LogP contribution in [-0.4, -0.2) is 46.7 Å². The zero-order valence-corrected chi connectivity index (χ0v) is 12.4. The van der Waals surface area contributed by atoms with Gasteiger partial charge in [0.1, 0.15) is 24.0 Å². The molecule has 0 radical (unpaired) electrons. The van der Waals surface area contributed by atoms with Gasteiger partial charge in [-0.25, -0.2) is 14.8 Å². The molecule has 114 valence electrons. The second-order valence-corrected chi connectivity index (χ2v) is 6.12. The molecule has 21 heavy (non-hydrogen) atoms. The van der Waals surface area contributed by atoms with Gasteiger partial charge in [-0.05, 0) is 31.6 Å². The van der Waals surface area contributed by atoms with Gasteiger partial charge in [0.05, 0.1) is 0 Å². The standard InChI is InChI=1S/C15H22N4O2/c1-11-4-2-6-18(9-11)13-8-14(17-10-16-13)19-7-3-5-12(19)15(20)21/h8,10-12H,2-7,9H2,1H3,(H,20,21)/t11?,12-/m1/s1. The summed E-state index contributed by atoms with van der Waals surface area (Å²) >= 11 is 0. The fraction of sp³-hybridized carbons (Fsp3) is 0.667. The van der Waals surface area contributed by atoms with Gasteiger partial charge in [0.2, 0.25) is 0 Å². The van der Waals surface area contributed by atoms with Crippen molar-refractivity contribution in [1.29, 1.82) is 0 Å². The summed E-state index contributed by atoms with van der Waals surface area (Å²) in [6.07, 6.45) is 5.59. The van der Waals surface area contributed by atoms with Crippen molar-refractivity contribution in [2.75, 3.05) is 29.4 Å². The minimum absolute atomic E-state index is 0.451. The summed E-state index contributed by atoms with van der Waals surface area (Å²) in [4.78, 5) is 24.2. The first-order valence-corrected chi connectivity index (χ1v) is 7.71. The molecule has 0 spiro atoms. The number of hydrogen-bond donors (Lipinski definition) is 1. The zero-order chi connectivity index (χ0) is 14.8. The first kappa shape index (κ1) is 14.1. The van der Waals surface area contributed by atoms with Crippen molar-refractivity contribution in [3.8, 4) is 0 Å². The van der Waals surface area contributed by atoms with Crippen molar-refractivity contribution in [3.63, 3.8) is 0 Å². The maximum absolute atomic E-state index is 11.3. The van der Waals surface area contributed by atoms with Crippen molar-refractivity contribution in [3.05, 3.63) is 12.4 Å². The fourth-order valence-corrected chi connectivity index (χ4v) is 3.36. The third-order valence-electron chi connectivity index (χ3n) is 4.45. The van der Waals surface area contributed by atoms with E-state index in [0.29, 0.717) is 12.3 Å². The molecule has 1 aromatic rings. The molecule has 2 aliphatic rings.